The molecule has 0 saturated heterocycles. The van der Waals surface area contributed by atoms with E-state index in [2.05, 4.69) is 22.8 Å². The van der Waals surface area contributed by atoms with Crippen LogP contribution in [0.3, 0.4) is 0 Å². The van der Waals surface area contributed by atoms with E-state index in [4.69, 9.17) is 11.6 Å². The molecule has 0 aromatic heterocycles. The van der Waals surface area contributed by atoms with Crippen LogP contribution < -0.4 is 10.6 Å². The lowest BCUT2D eigenvalue weighted by Crippen LogP contribution is -2.08. The van der Waals surface area contributed by atoms with E-state index in [0.717, 1.165) is 28.2 Å². The normalized spacial score (nSPS) is 18.9. The number of amides is 1. The van der Waals surface area contributed by atoms with Gasteiger partial charge in [-0.05, 0) is 61.2 Å². The summed E-state index contributed by atoms with van der Waals surface area (Å²) in [5.74, 6) is 0.539. The molecule has 25 heavy (non-hydrogen) atoms. The lowest BCUT2D eigenvalue weighted by Gasteiger charge is -2.18. The van der Waals surface area contributed by atoms with E-state index in [1.54, 1.807) is 0 Å². The first-order valence-electron chi connectivity index (χ1n) is 8.89. The molecule has 2 aliphatic rings. The van der Waals surface area contributed by atoms with Gasteiger partial charge in [0.2, 0.25) is 0 Å². The fraction of sp³-hybridized carbons (Fsp3) is 0.286. The number of carbonyl (C=O) groups is 1. The van der Waals surface area contributed by atoms with E-state index in [1.165, 1.54) is 32.1 Å². The molecular formula is C21H21ClN2O. The molecule has 1 heterocycles. The van der Waals surface area contributed by atoms with Gasteiger partial charge in [0.05, 0.1) is 0 Å². The zero-order valence-corrected chi connectivity index (χ0v) is 14.8. The van der Waals surface area contributed by atoms with Gasteiger partial charge in [-0.25, -0.2) is 0 Å². The Morgan fingerprint density at radius 2 is 1.72 bits per heavy atom. The molecule has 2 aromatic rings. The molecule has 3 nitrogen and oxygen atoms in total. The van der Waals surface area contributed by atoms with E-state index in [9.17, 15) is 4.79 Å². The standard InChI is InChI=1S/C21H21ClN2O/c22-15-6-8-16(9-7-15)23-17-10-11-20-18(13-17)19(21(25)24-20)12-14-4-2-1-3-5-14/h6-14,23H,1-5H2,(H,24,25)/b19-12+. The van der Waals surface area contributed by atoms with Crippen LogP contribution in [-0.4, -0.2) is 5.91 Å². The number of halogens is 1. The number of carbonyl (C=O) groups excluding carboxylic acids is 1. The molecule has 1 saturated carbocycles. The van der Waals surface area contributed by atoms with Crippen molar-refractivity contribution < 1.29 is 4.79 Å². The predicted molar refractivity (Wildman–Crippen MR) is 104 cm³/mol. The van der Waals surface area contributed by atoms with Crippen molar-refractivity contribution in [1.82, 2.24) is 0 Å². The summed E-state index contributed by atoms with van der Waals surface area (Å²) in [6.45, 7) is 0. The van der Waals surface area contributed by atoms with E-state index in [1.807, 2.05) is 36.4 Å². The lowest BCUT2D eigenvalue weighted by molar-refractivity contribution is -0.110. The number of anilines is 3. The summed E-state index contributed by atoms with van der Waals surface area (Å²) in [7, 11) is 0. The van der Waals surface area contributed by atoms with Crippen molar-refractivity contribution in [3.63, 3.8) is 0 Å². The molecule has 2 N–H and O–H groups in total. The smallest absolute Gasteiger partial charge is 0.256 e. The maximum absolute atomic E-state index is 12.4. The number of benzene rings is 2. The summed E-state index contributed by atoms with van der Waals surface area (Å²) in [5.41, 5.74) is 4.65. The van der Waals surface area contributed by atoms with Gasteiger partial charge >= 0.3 is 0 Å². The first-order valence-corrected chi connectivity index (χ1v) is 9.27. The van der Waals surface area contributed by atoms with Crippen molar-refractivity contribution in [2.75, 3.05) is 10.6 Å². The molecule has 0 unspecified atom stereocenters. The van der Waals surface area contributed by atoms with Gasteiger partial charge < -0.3 is 10.6 Å². The molecule has 1 aliphatic heterocycles. The minimum absolute atomic E-state index is 0.0178. The van der Waals surface area contributed by atoms with Gasteiger partial charge in [-0.15, -0.1) is 0 Å². The molecule has 2 aromatic carbocycles. The van der Waals surface area contributed by atoms with Gasteiger partial charge in [-0.2, -0.15) is 0 Å². The third kappa shape index (κ3) is 3.57. The van der Waals surface area contributed by atoms with Gasteiger partial charge in [-0.1, -0.05) is 36.9 Å². The summed E-state index contributed by atoms with van der Waals surface area (Å²) < 4.78 is 0. The van der Waals surface area contributed by atoms with E-state index >= 15 is 0 Å². The molecule has 0 atom stereocenters. The number of allylic oxidation sites excluding steroid dienone is 1. The maximum atomic E-state index is 12.4. The Bertz CT molecular complexity index is 820. The number of rotatable bonds is 3. The van der Waals surface area contributed by atoms with Crippen LogP contribution in [-0.2, 0) is 4.79 Å². The fourth-order valence-electron chi connectivity index (χ4n) is 3.67. The summed E-state index contributed by atoms with van der Waals surface area (Å²) in [5, 5.41) is 7.07. The number of nitrogens with one attached hydrogen (secondary N) is 2. The Kier molecular flexibility index (Phi) is 4.50. The summed E-state index contributed by atoms with van der Waals surface area (Å²) in [6, 6.07) is 13.6. The molecule has 1 aliphatic carbocycles. The molecule has 4 rings (SSSR count). The SMILES string of the molecule is O=C1Nc2ccc(Nc3ccc(Cl)cc3)cc2/C1=C\C1CCCCC1. The minimum Gasteiger partial charge on any atom is -0.356 e. The maximum Gasteiger partial charge on any atom is 0.256 e. The second-order valence-corrected chi connectivity index (χ2v) is 7.26. The molecule has 1 amide bonds. The highest BCUT2D eigenvalue weighted by Gasteiger charge is 2.26. The third-order valence-electron chi connectivity index (χ3n) is 4.99. The van der Waals surface area contributed by atoms with Crippen molar-refractivity contribution in [2.45, 2.75) is 32.1 Å². The molecular weight excluding hydrogens is 332 g/mol. The Labute approximate surface area is 153 Å². The molecule has 0 bridgehead atoms. The Morgan fingerprint density at radius 1 is 1.00 bits per heavy atom. The van der Waals surface area contributed by atoms with Gasteiger partial charge in [-0.3, -0.25) is 4.79 Å². The molecule has 128 valence electrons. The monoisotopic (exact) mass is 352 g/mol. The van der Waals surface area contributed by atoms with Crippen molar-refractivity contribution in [3.05, 3.63) is 59.1 Å². The van der Waals surface area contributed by atoms with Crippen LogP contribution in [0.15, 0.2) is 48.5 Å². The Morgan fingerprint density at radius 3 is 2.48 bits per heavy atom. The zero-order chi connectivity index (χ0) is 17.2. The van der Waals surface area contributed by atoms with Gasteiger partial charge in [0.1, 0.15) is 0 Å². The zero-order valence-electron chi connectivity index (χ0n) is 14.0. The van der Waals surface area contributed by atoms with Crippen LogP contribution in [0.1, 0.15) is 37.7 Å². The van der Waals surface area contributed by atoms with E-state index in [0.29, 0.717) is 10.9 Å². The fourth-order valence-corrected chi connectivity index (χ4v) is 3.79. The first-order chi connectivity index (χ1) is 12.2. The van der Waals surface area contributed by atoms with Crippen LogP contribution in [0.5, 0.6) is 0 Å². The lowest BCUT2D eigenvalue weighted by atomic mass is 9.87. The van der Waals surface area contributed by atoms with Gasteiger partial charge in [0.15, 0.2) is 0 Å². The van der Waals surface area contributed by atoms with Crippen molar-refractivity contribution in [1.29, 1.82) is 0 Å². The summed E-state index contributed by atoms with van der Waals surface area (Å²) >= 11 is 5.94. The van der Waals surface area contributed by atoms with E-state index in [-0.39, 0.29) is 5.91 Å². The van der Waals surface area contributed by atoms with Crippen LogP contribution in [0.25, 0.3) is 5.57 Å². The Hall–Kier alpha value is -2.26. The summed E-state index contributed by atoms with van der Waals surface area (Å²) in [6.07, 6.45) is 8.41. The predicted octanol–water partition coefficient (Wildman–Crippen LogP) is 6.00. The van der Waals surface area contributed by atoms with Crippen molar-refractivity contribution in [2.24, 2.45) is 5.92 Å². The minimum atomic E-state index is 0.0178. The highest BCUT2D eigenvalue weighted by Crippen LogP contribution is 2.37. The van der Waals surface area contributed by atoms with E-state index < -0.39 is 0 Å². The van der Waals surface area contributed by atoms with Crippen LogP contribution >= 0.6 is 11.6 Å². The number of fused-ring (bicyclic) bond motifs is 1. The second-order valence-electron chi connectivity index (χ2n) is 6.82. The largest absolute Gasteiger partial charge is 0.356 e. The molecule has 0 spiro atoms. The highest BCUT2D eigenvalue weighted by molar-refractivity contribution is 6.32. The van der Waals surface area contributed by atoms with Crippen LogP contribution in [0.4, 0.5) is 17.1 Å². The topological polar surface area (TPSA) is 41.1 Å². The number of hydrogen-bond acceptors (Lipinski definition) is 2. The Balaban J connectivity index is 1.61. The third-order valence-corrected chi connectivity index (χ3v) is 5.24. The second kappa shape index (κ2) is 6.93. The number of hydrogen-bond donors (Lipinski definition) is 2. The van der Waals surface area contributed by atoms with Crippen LogP contribution in [0.2, 0.25) is 5.02 Å². The van der Waals surface area contributed by atoms with Gasteiger partial charge in [0.25, 0.3) is 5.91 Å². The molecule has 0 radical (unpaired) electrons. The first kappa shape index (κ1) is 16.2. The molecule has 4 heteroatoms. The quantitative estimate of drug-likeness (QED) is 0.665. The highest BCUT2D eigenvalue weighted by atomic mass is 35.5. The van der Waals surface area contributed by atoms with Gasteiger partial charge in [0, 0.05) is 33.2 Å². The van der Waals surface area contributed by atoms with Crippen LogP contribution in [0, 0.1) is 5.92 Å². The average Bonchev–Trinajstić information content (AvgIpc) is 2.93. The molecule has 1 fully saturated rings. The summed E-state index contributed by atoms with van der Waals surface area (Å²) in [4.78, 5) is 12.4. The van der Waals surface area contributed by atoms with Crippen molar-refractivity contribution >= 4 is 40.1 Å². The average molecular weight is 353 g/mol. The van der Waals surface area contributed by atoms with Crippen molar-refractivity contribution in [3.8, 4) is 0 Å².